The predicted molar refractivity (Wildman–Crippen MR) is 90.3 cm³/mol. The average molecular weight is 346 g/mol. The van der Waals surface area contributed by atoms with Crippen LogP contribution in [0, 0.1) is 19.7 Å². The highest BCUT2D eigenvalue weighted by Gasteiger charge is 2.25. The number of nitrogens with zero attached hydrogens (tertiary/aromatic N) is 1. The number of aryl methyl sites for hydroxylation is 2. The van der Waals surface area contributed by atoms with Crippen molar-refractivity contribution in [3.63, 3.8) is 0 Å². The van der Waals surface area contributed by atoms with Gasteiger partial charge in [-0.3, -0.25) is 9.69 Å². The van der Waals surface area contributed by atoms with Crippen LogP contribution in [-0.2, 0) is 9.53 Å². The lowest BCUT2D eigenvalue weighted by molar-refractivity contribution is -0.117. The fraction of sp³-hybridized carbons (Fsp3) is 0.333. The third kappa shape index (κ3) is 3.35. The molecule has 2 aromatic rings. The van der Waals surface area contributed by atoms with Crippen LogP contribution in [0.4, 0.5) is 20.6 Å². The van der Waals surface area contributed by atoms with Gasteiger partial charge in [0.2, 0.25) is 5.91 Å². The van der Waals surface area contributed by atoms with Crippen LogP contribution in [0.1, 0.15) is 29.9 Å². The summed E-state index contributed by atoms with van der Waals surface area (Å²) in [5.74, 6) is -0.0553. The number of rotatable bonds is 4. The van der Waals surface area contributed by atoms with Crippen molar-refractivity contribution >= 4 is 23.4 Å². The van der Waals surface area contributed by atoms with Gasteiger partial charge in [0.1, 0.15) is 23.9 Å². The Morgan fingerprint density at radius 3 is 2.68 bits per heavy atom. The highest BCUT2D eigenvalue weighted by Crippen LogP contribution is 2.28. The summed E-state index contributed by atoms with van der Waals surface area (Å²) in [5, 5.41) is 2.59. The Morgan fingerprint density at radius 2 is 2.08 bits per heavy atom. The molecule has 1 saturated heterocycles. The van der Waals surface area contributed by atoms with Crippen molar-refractivity contribution in [3.05, 3.63) is 47.2 Å². The summed E-state index contributed by atoms with van der Waals surface area (Å²) >= 11 is 0. The Labute approximate surface area is 144 Å². The van der Waals surface area contributed by atoms with Crippen LogP contribution < -0.4 is 10.2 Å². The van der Waals surface area contributed by atoms with E-state index < -0.39 is 17.8 Å². The van der Waals surface area contributed by atoms with E-state index >= 15 is 0 Å². The highest BCUT2D eigenvalue weighted by atomic mass is 19.1. The van der Waals surface area contributed by atoms with E-state index in [2.05, 4.69) is 5.32 Å². The SMILES string of the molecule is Cc1cc([C@@H](C)C(=O)Nc2cc(N3CCOC3=O)ccc2F)c(C)o1. The minimum Gasteiger partial charge on any atom is -0.466 e. The van der Waals surface area contributed by atoms with Gasteiger partial charge < -0.3 is 14.5 Å². The normalized spacial score (nSPS) is 15.2. The number of ether oxygens (including phenoxy) is 1. The standard InChI is InChI=1S/C18H19FN2O4/c1-10-8-14(12(3)25-10)11(2)17(22)20-16-9-13(4-5-15(16)19)21-6-7-24-18(21)23/h4-5,8-9,11H,6-7H2,1-3H3,(H,20,22)/t11-/m1/s1. The Balaban J connectivity index is 1.81. The number of cyclic esters (lactones) is 1. The first-order chi connectivity index (χ1) is 11.9. The van der Waals surface area contributed by atoms with Crippen molar-refractivity contribution in [1.82, 2.24) is 0 Å². The number of amides is 2. The summed E-state index contributed by atoms with van der Waals surface area (Å²) in [6.07, 6.45) is -0.484. The van der Waals surface area contributed by atoms with E-state index in [4.69, 9.17) is 9.15 Å². The molecule has 1 fully saturated rings. The first-order valence-corrected chi connectivity index (χ1v) is 7.98. The first kappa shape index (κ1) is 17.0. The molecule has 2 amide bonds. The van der Waals surface area contributed by atoms with Crippen molar-refractivity contribution in [2.24, 2.45) is 0 Å². The molecule has 1 aliphatic heterocycles. The number of anilines is 2. The fourth-order valence-electron chi connectivity index (χ4n) is 2.87. The summed E-state index contributed by atoms with van der Waals surface area (Å²) in [6, 6.07) is 5.92. The molecule has 1 aromatic carbocycles. The topological polar surface area (TPSA) is 71.8 Å². The molecule has 3 rings (SSSR count). The number of nitrogens with one attached hydrogen (secondary N) is 1. The van der Waals surface area contributed by atoms with Crippen molar-refractivity contribution in [2.75, 3.05) is 23.4 Å². The van der Waals surface area contributed by atoms with E-state index in [1.807, 2.05) is 0 Å². The minimum atomic E-state index is -0.572. The molecule has 25 heavy (non-hydrogen) atoms. The van der Waals surface area contributed by atoms with Crippen molar-refractivity contribution in [3.8, 4) is 0 Å². The molecular weight excluding hydrogens is 327 g/mol. The average Bonchev–Trinajstić information content (AvgIpc) is 3.13. The van der Waals surface area contributed by atoms with Crippen molar-refractivity contribution < 1.29 is 23.1 Å². The maximum atomic E-state index is 14.1. The summed E-state index contributed by atoms with van der Waals surface area (Å²) in [6.45, 7) is 5.99. The van der Waals surface area contributed by atoms with Gasteiger partial charge in [0.05, 0.1) is 18.2 Å². The van der Waals surface area contributed by atoms with Crippen LogP contribution in [0.3, 0.4) is 0 Å². The van der Waals surface area contributed by atoms with Gasteiger partial charge in [-0.05, 0) is 45.0 Å². The molecule has 1 aromatic heterocycles. The zero-order chi connectivity index (χ0) is 18.1. The Morgan fingerprint density at radius 1 is 1.32 bits per heavy atom. The zero-order valence-corrected chi connectivity index (χ0v) is 14.3. The second kappa shape index (κ2) is 6.58. The largest absolute Gasteiger partial charge is 0.466 e. The summed E-state index contributed by atoms with van der Waals surface area (Å²) in [7, 11) is 0. The van der Waals surface area contributed by atoms with Gasteiger partial charge in [-0.1, -0.05) is 0 Å². The summed E-state index contributed by atoms with van der Waals surface area (Å²) in [5.41, 5.74) is 1.25. The van der Waals surface area contributed by atoms with Crippen LogP contribution in [0.15, 0.2) is 28.7 Å². The van der Waals surface area contributed by atoms with Gasteiger partial charge in [-0.2, -0.15) is 0 Å². The summed E-state index contributed by atoms with van der Waals surface area (Å²) < 4.78 is 24.4. The van der Waals surface area contributed by atoms with E-state index in [9.17, 15) is 14.0 Å². The Hall–Kier alpha value is -2.83. The van der Waals surface area contributed by atoms with E-state index in [1.54, 1.807) is 26.8 Å². The maximum Gasteiger partial charge on any atom is 0.414 e. The third-order valence-corrected chi connectivity index (χ3v) is 4.22. The van der Waals surface area contributed by atoms with Gasteiger partial charge in [-0.15, -0.1) is 0 Å². The second-order valence-corrected chi connectivity index (χ2v) is 6.01. The minimum absolute atomic E-state index is 0.0203. The molecule has 2 heterocycles. The lowest BCUT2D eigenvalue weighted by Gasteiger charge is -2.16. The molecule has 0 radical (unpaired) electrons. The molecule has 132 valence electrons. The van der Waals surface area contributed by atoms with E-state index in [1.165, 1.54) is 23.1 Å². The van der Waals surface area contributed by atoms with Crippen LogP contribution in [0.5, 0.6) is 0 Å². The number of hydrogen-bond acceptors (Lipinski definition) is 4. The van der Waals surface area contributed by atoms with Crippen LogP contribution >= 0.6 is 0 Å². The second-order valence-electron chi connectivity index (χ2n) is 6.01. The molecule has 7 heteroatoms. The van der Waals surface area contributed by atoms with Crippen LogP contribution in [0.2, 0.25) is 0 Å². The third-order valence-electron chi connectivity index (χ3n) is 4.22. The quantitative estimate of drug-likeness (QED) is 0.915. The molecule has 6 nitrogen and oxygen atoms in total. The monoisotopic (exact) mass is 346 g/mol. The van der Waals surface area contributed by atoms with Crippen molar-refractivity contribution in [1.29, 1.82) is 0 Å². The molecule has 0 aliphatic carbocycles. The lowest BCUT2D eigenvalue weighted by Crippen LogP contribution is -2.24. The molecule has 1 atom stereocenters. The van der Waals surface area contributed by atoms with Gasteiger partial charge in [0, 0.05) is 11.3 Å². The van der Waals surface area contributed by atoms with E-state index in [0.29, 0.717) is 23.8 Å². The van der Waals surface area contributed by atoms with E-state index in [0.717, 1.165) is 5.56 Å². The van der Waals surface area contributed by atoms with Gasteiger partial charge in [0.15, 0.2) is 0 Å². The molecule has 1 N–H and O–H groups in total. The number of carbonyl (C=O) groups excluding carboxylic acids is 2. The van der Waals surface area contributed by atoms with Gasteiger partial charge in [-0.25, -0.2) is 9.18 Å². The number of hydrogen-bond donors (Lipinski definition) is 1. The predicted octanol–water partition coefficient (Wildman–Crippen LogP) is 3.73. The van der Waals surface area contributed by atoms with Crippen LogP contribution in [-0.4, -0.2) is 25.2 Å². The molecular formula is C18H19FN2O4. The van der Waals surface area contributed by atoms with Crippen LogP contribution in [0.25, 0.3) is 0 Å². The highest BCUT2D eigenvalue weighted by molar-refractivity contribution is 5.97. The molecule has 0 bridgehead atoms. The lowest BCUT2D eigenvalue weighted by atomic mass is 10.0. The smallest absolute Gasteiger partial charge is 0.414 e. The first-order valence-electron chi connectivity index (χ1n) is 7.98. The number of carbonyl (C=O) groups is 2. The Kier molecular flexibility index (Phi) is 4.48. The van der Waals surface area contributed by atoms with Gasteiger partial charge in [0.25, 0.3) is 0 Å². The molecule has 0 spiro atoms. The van der Waals surface area contributed by atoms with Crippen molar-refractivity contribution in [2.45, 2.75) is 26.7 Å². The Bertz CT molecular complexity index is 830. The maximum absolute atomic E-state index is 14.1. The van der Waals surface area contributed by atoms with Gasteiger partial charge >= 0.3 is 6.09 Å². The molecule has 0 unspecified atom stereocenters. The fourth-order valence-corrected chi connectivity index (χ4v) is 2.87. The zero-order valence-electron chi connectivity index (χ0n) is 14.3. The number of benzene rings is 1. The number of furan rings is 1. The number of halogens is 1. The van der Waals surface area contributed by atoms with E-state index in [-0.39, 0.29) is 18.2 Å². The summed E-state index contributed by atoms with van der Waals surface area (Å²) in [4.78, 5) is 25.5. The molecule has 0 saturated carbocycles. The molecule has 1 aliphatic rings.